The fourth-order valence-electron chi connectivity index (χ4n) is 4.03. The lowest BCUT2D eigenvalue weighted by molar-refractivity contribution is -0.143. The number of fused-ring (bicyclic) bond motifs is 1. The van der Waals surface area contributed by atoms with Gasteiger partial charge in [0.1, 0.15) is 5.82 Å². The third kappa shape index (κ3) is 3.49. The molecule has 2 aliphatic rings. The van der Waals surface area contributed by atoms with Crippen LogP contribution in [0.1, 0.15) is 42.5 Å². The van der Waals surface area contributed by atoms with Crippen molar-refractivity contribution in [3.63, 3.8) is 0 Å². The van der Waals surface area contributed by atoms with E-state index in [0.717, 1.165) is 6.42 Å². The fourth-order valence-corrected chi connectivity index (χ4v) is 4.03. The predicted octanol–water partition coefficient (Wildman–Crippen LogP) is 2.10. The number of carbonyl (C=O) groups is 1. The molecule has 0 aromatic carbocycles. The second-order valence-corrected chi connectivity index (χ2v) is 7.16. The first-order valence-electron chi connectivity index (χ1n) is 8.64. The number of aryl methyl sites for hydroxylation is 2. The van der Waals surface area contributed by atoms with Crippen molar-refractivity contribution in [1.82, 2.24) is 14.9 Å². The van der Waals surface area contributed by atoms with Gasteiger partial charge in [-0.15, -0.1) is 0 Å². The molecule has 5 nitrogen and oxygen atoms in total. The molecule has 1 aromatic heterocycles. The first-order valence-corrected chi connectivity index (χ1v) is 8.64. The molecule has 1 saturated heterocycles. The van der Waals surface area contributed by atoms with E-state index in [1.165, 1.54) is 6.92 Å². The highest BCUT2D eigenvalue weighted by atomic mass is 19.4. The first-order chi connectivity index (χ1) is 11.7. The van der Waals surface area contributed by atoms with Gasteiger partial charge in [0.05, 0.1) is 0 Å². The van der Waals surface area contributed by atoms with Gasteiger partial charge in [0.15, 0.2) is 5.69 Å². The Labute approximate surface area is 144 Å². The van der Waals surface area contributed by atoms with Crippen LogP contribution in [0.3, 0.4) is 0 Å². The molecule has 138 valence electrons. The van der Waals surface area contributed by atoms with Gasteiger partial charge in [-0.05, 0) is 52.0 Å². The molecule has 1 aromatic rings. The van der Waals surface area contributed by atoms with Gasteiger partial charge in [-0.2, -0.15) is 13.2 Å². The summed E-state index contributed by atoms with van der Waals surface area (Å²) in [7, 11) is 0. The molecule has 1 aliphatic carbocycles. The van der Waals surface area contributed by atoms with E-state index in [2.05, 4.69) is 9.97 Å². The van der Waals surface area contributed by atoms with Crippen LogP contribution >= 0.6 is 0 Å². The van der Waals surface area contributed by atoms with Crippen LogP contribution < -0.4 is 5.73 Å². The number of carbonyl (C=O) groups excluding carboxylic acids is 1. The summed E-state index contributed by atoms with van der Waals surface area (Å²) >= 11 is 0. The Kier molecular flexibility index (Phi) is 4.74. The van der Waals surface area contributed by atoms with E-state index in [1.807, 2.05) is 6.92 Å². The molecule has 3 atom stereocenters. The number of likely N-dealkylation sites (tertiary alicyclic amines) is 1. The maximum Gasteiger partial charge on any atom is 0.433 e. The minimum absolute atomic E-state index is 0.0554. The second kappa shape index (κ2) is 6.55. The predicted molar refractivity (Wildman–Crippen MR) is 85.6 cm³/mol. The van der Waals surface area contributed by atoms with E-state index < -0.39 is 17.8 Å². The number of halogens is 3. The van der Waals surface area contributed by atoms with Crippen LogP contribution in [-0.4, -0.2) is 39.9 Å². The fraction of sp³-hybridized carbons (Fsp3) is 0.706. The summed E-state index contributed by atoms with van der Waals surface area (Å²) in [6.07, 6.45) is -2.73. The topological polar surface area (TPSA) is 72.1 Å². The van der Waals surface area contributed by atoms with Crippen molar-refractivity contribution >= 4 is 5.91 Å². The van der Waals surface area contributed by atoms with Gasteiger partial charge >= 0.3 is 6.18 Å². The Hall–Kier alpha value is -1.70. The van der Waals surface area contributed by atoms with Crippen molar-refractivity contribution in [2.24, 2.45) is 17.6 Å². The second-order valence-electron chi connectivity index (χ2n) is 7.16. The monoisotopic (exact) mass is 356 g/mol. The standard InChI is InChI=1S/C17H23F3N4O/c1-9-5-11(7-21)8-24(9)16(25)12-3-4-14-13(6-12)15(17(18,19)20)23-10(2)22-14/h9,11-12H,3-8,21H2,1-2H3. The molecule has 1 fully saturated rings. The minimum atomic E-state index is -4.53. The molecule has 1 amide bonds. The van der Waals surface area contributed by atoms with Gasteiger partial charge in [-0.25, -0.2) is 9.97 Å². The van der Waals surface area contributed by atoms with E-state index in [9.17, 15) is 18.0 Å². The van der Waals surface area contributed by atoms with Crippen LogP contribution in [0.25, 0.3) is 0 Å². The lowest BCUT2D eigenvalue weighted by atomic mass is 9.84. The number of hydrogen-bond donors (Lipinski definition) is 1. The van der Waals surface area contributed by atoms with E-state index in [0.29, 0.717) is 31.6 Å². The lowest BCUT2D eigenvalue weighted by Crippen LogP contribution is -2.41. The third-order valence-electron chi connectivity index (χ3n) is 5.28. The molecule has 1 aliphatic heterocycles. The molecule has 25 heavy (non-hydrogen) atoms. The summed E-state index contributed by atoms with van der Waals surface area (Å²) in [4.78, 5) is 22.4. The minimum Gasteiger partial charge on any atom is -0.339 e. The summed E-state index contributed by atoms with van der Waals surface area (Å²) < 4.78 is 40.0. The van der Waals surface area contributed by atoms with Crippen molar-refractivity contribution in [2.45, 2.75) is 51.7 Å². The molecular formula is C17H23F3N4O. The maximum atomic E-state index is 13.3. The number of hydrogen-bond acceptors (Lipinski definition) is 4. The Bertz CT molecular complexity index is 677. The Morgan fingerprint density at radius 2 is 2.08 bits per heavy atom. The van der Waals surface area contributed by atoms with Gasteiger partial charge in [0, 0.05) is 29.8 Å². The van der Waals surface area contributed by atoms with Gasteiger partial charge in [0.2, 0.25) is 5.91 Å². The van der Waals surface area contributed by atoms with Gasteiger partial charge in [-0.1, -0.05) is 0 Å². The Morgan fingerprint density at radius 3 is 2.68 bits per heavy atom. The number of nitrogens with two attached hydrogens (primary N) is 1. The molecule has 0 radical (unpaired) electrons. The average Bonchev–Trinajstić information content (AvgIpc) is 2.93. The van der Waals surface area contributed by atoms with Crippen LogP contribution in [0, 0.1) is 18.8 Å². The van der Waals surface area contributed by atoms with Gasteiger partial charge < -0.3 is 10.6 Å². The van der Waals surface area contributed by atoms with Gasteiger partial charge in [0.25, 0.3) is 0 Å². The zero-order chi connectivity index (χ0) is 18.4. The van der Waals surface area contributed by atoms with Crippen LogP contribution in [0.15, 0.2) is 0 Å². The zero-order valence-corrected chi connectivity index (χ0v) is 14.4. The highest BCUT2D eigenvalue weighted by Gasteiger charge is 2.41. The number of alkyl halides is 3. The summed E-state index contributed by atoms with van der Waals surface area (Å²) in [6.45, 7) is 4.55. The zero-order valence-electron chi connectivity index (χ0n) is 14.4. The summed E-state index contributed by atoms with van der Waals surface area (Å²) in [5.74, 6) is -0.122. The molecule has 3 unspecified atom stereocenters. The molecule has 8 heteroatoms. The first kappa shape index (κ1) is 18.1. The van der Waals surface area contributed by atoms with E-state index >= 15 is 0 Å². The average molecular weight is 356 g/mol. The van der Waals surface area contributed by atoms with Crippen LogP contribution in [0.5, 0.6) is 0 Å². The lowest BCUT2D eigenvalue weighted by Gasteiger charge is -2.30. The maximum absolute atomic E-state index is 13.3. The third-order valence-corrected chi connectivity index (χ3v) is 5.28. The Balaban J connectivity index is 1.85. The molecule has 0 bridgehead atoms. The van der Waals surface area contributed by atoms with E-state index in [4.69, 9.17) is 5.73 Å². The summed E-state index contributed by atoms with van der Waals surface area (Å²) in [5, 5.41) is 0. The number of nitrogens with zero attached hydrogens (tertiary/aromatic N) is 3. The smallest absolute Gasteiger partial charge is 0.339 e. The van der Waals surface area contributed by atoms with Gasteiger partial charge in [-0.3, -0.25) is 4.79 Å². The summed E-state index contributed by atoms with van der Waals surface area (Å²) in [6, 6.07) is 0.0822. The normalized spacial score (nSPS) is 26.6. The number of aromatic nitrogens is 2. The van der Waals surface area contributed by atoms with E-state index in [-0.39, 0.29) is 35.7 Å². The molecule has 0 saturated carbocycles. The van der Waals surface area contributed by atoms with Crippen molar-refractivity contribution in [3.8, 4) is 0 Å². The highest BCUT2D eigenvalue weighted by molar-refractivity contribution is 5.80. The Morgan fingerprint density at radius 1 is 1.36 bits per heavy atom. The number of amides is 1. The van der Waals surface area contributed by atoms with Crippen LogP contribution in [0.4, 0.5) is 13.2 Å². The van der Waals surface area contributed by atoms with Crippen LogP contribution in [-0.2, 0) is 23.8 Å². The largest absolute Gasteiger partial charge is 0.433 e. The van der Waals surface area contributed by atoms with Crippen molar-refractivity contribution in [2.75, 3.05) is 13.1 Å². The highest BCUT2D eigenvalue weighted by Crippen LogP contribution is 2.37. The molecule has 2 heterocycles. The molecule has 2 N–H and O–H groups in total. The van der Waals surface area contributed by atoms with Crippen LogP contribution in [0.2, 0.25) is 0 Å². The van der Waals surface area contributed by atoms with Crippen molar-refractivity contribution < 1.29 is 18.0 Å². The number of rotatable bonds is 2. The van der Waals surface area contributed by atoms with Crippen molar-refractivity contribution in [3.05, 3.63) is 22.8 Å². The summed E-state index contributed by atoms with van der Waals surface area (Å²) in [5.41, 5.74) is 5.33. The molecule has 3 rings (SSSR count). The van der Waals surface area contributed by atoms with E-state index in [1.54, 1.807) is 4.90 Å². The quantitative estimate of drug-likeness (QED) is 0.881. The molecular weight excluding hydrogens is 333 g/mol. The molecule has 0 spiro atoms. The SMILES string of the molecule is Cc1nc2c(c(C(F)(F)F)n1)CC(C(=O)N1CC(CN)CC1C)CC2. The van der Waals surface area contributed by atoms with Crippen molar-refractivity contribution in [1.29, 1.82) is 0 Å².